The molecule has 3 rings (SSSR count). The van der Waals surface area contributed by atoms with Crippen molar-refractivity contribution in [3.05, 3.63) is 21.9 Å². The number of ether oxygens (including phenoxy) is 1. The summed E-state index contributed by atoms with van der Waals surface area (Å²) in [7, 11) is 0. The van der Waals surface area contributed by atoms with Crippen LogP contribution in [-0.4, -0.2) is 68.0 Å². The highest BCUT2D eigenvalue weighted by Gasteiger charge is 2.26. The number of guanidine groups is 1. The molecule has 0 bridgehead atoms. The fourth-order valence-electron chi connectivity index (χ4n) is 3.91. The first kappa shape index (κ1) is 20.6. The Morgan fingerprint density at radius 2 is 2.15 bits per heavy atom. The molecule has 27 heavy (non-hydrogen) atoms. The Labute approximate surface area is 167 Å². The van der Waals surface area contributed by atoms with Gasteiger partial charge < -0.3 is 20.5 Å². The molecule has 2 fully saturated rings. The molecule has 2 heterocycles. The van der Waals surface area contributed by atoms with Crippen molar-refractivity contribution in [2.45, 2.75) is 45.3 Å². The molecule has 0 radical (unpaired) electrons. The van der Waals surface area contributed by atoms with Gasteiger partial charge in [0.1, 0.15) is 0 Å². The number of aliphatic hydroxyl groups is 1. The van der Waals surface area contributed by atoms with E-state index in [-0.39, 0.29) is 6.10 Å². The molecule has 3 atom stereocenters. The van der Waals surface area contributed by atoms with E-state index in [2.05, 4.69) is 41.5 Å². The molecule has 0 amide bonds. The van der Waals surface area contributed by atoms with Crippen LogP contribution in [0, 0.1) is 12.8 Å². The first-order valence-electron chi connectivity index (χ1n) is 10.3. The summed E-state index contributed by atoms with van der Waals surface area (Å²) in [6, 6.07) is 4.73. The summed E-state index contributed by atoms with van der Waals surface area (Å²) in [5, 5.41) is 16.9. The largest absolute Gasteiger partial charge is 0.393 e. The number of hydrogen-bond acceptors (Lipinski definition) is 5. The zero-order chi connectivity index (χ0) is 19.1. The number of thiophene rings is 1. The number of aliphatic imine (C=N–C) groups is 1. The third kappa shape index (κ3) is 5.91. The van der Waals surface area contributed by atoms with Crippen LogP contribution >= 0.6 is 11.3 Å². The zero-order valence-electron chi connectivity index (χ0n) is 16.6. The molecule has 1 aliphatic heterocycles. The summed E-state index contributed by atoms with van der Waals surface area (Å²) in [6.07, 6.45) is 2.98. The van der Waals surface area contributed by atoms with Gasteiger partial charge in [-0.1, -0.05) is 6.42 Å². The van der Waals surface area contributed by atoms with E-state index in [1.54, 1.807) is 0 Å². The summed E-state index contributed by atoms with van der Waals surface area (Å²) >= 11 is 1.86. The SMILES string of the molecule is CCNC(=NCC(c1ccc(C)s1)N1CCOCC1)NCC1CCCC1O. The molecule has 3 N–H and O–H groups in total. The first-order chi connectivity index (χ1) is 13.2. The second kappa shape index (κ2) is 10.4. The maximum Gasteiger partial charge on any atom is 0.191 e. The number of morpholine rings is 1. The predicted molar refractivity (Wildman–Crippen MR) is 112 cm³/mol. The van der Waals surface area contributed by atoms with Gasteiger partial charge in [0, 0.05) is 41.9 Å². The highest BCUT2D eigenvalue weighted by molar-refractivity contribution is 7.12. The van der Waals surface area contributed by atoms with Gasteiger partial charge in [0.2, 0.25) is 0 Å². The monoisotopic (exact) mass is 394 g/mol. The highest BCUT2D eigenvalue weighted by atomic mass is 32.1. The van der Waals surface area contributed by atoms with E-state index in [0.717, 1.165) is 71.2 Å². The Hall–Kier alpha value is -1.15. The summed E-state index contributed by atoms with van der Waals surface area (Å²) in [6.45, 7) is 10.1. The van der Waals surface area contributed by atoms with Crippen LogP contribution in [0.1, 0.15) is 42.0 Å². The van der Waals surface area contributed by atoms with Crippen LogP contribution in [0.5, 0.6) is 0 Å². The molecule has 3 unspecified atom stereocenters. The van der Waals surface area contributed by atoms with Crippen molar-refractivity contribution in [2.75, 3.05) is 45.9 Å². The molecule has 7 heteroatoms. The Kier molecular flexibility index (Phi) is 7.93. The van der Waals surface area contributed by atoms with Gasteiger partial charge >= 0.3 is 0 Å². The van der Waals surface area contributed by atoms with Crippen LogP contribution in [0.25, 0.3) is 0 Å². The molecule has 6 nitrogen and oxygen atoms in total. The Morgan fingerprint density at radius 1 is 1.33 bits per heavy atom. The minimum Gasteiger partial charge on any atom is -0.393 e. The van der Waals surface area contributed by atoms with Crippen LogP contribution in [0.15, 0.2) is 17.1 Å². The van der Waals surface area contributed by atoms with Gasteiger partial charge in [0.15, 0.2) is 5.96 Å². The maximum absolute atomic E-state index is 10.1. The Bertz CT molecular complexity index is 601. The fourth-order valence-corrected chi connectivity index (χ4v) is 4.91. The van der Waals surface area contributed by atoms with Crippen LogP contribution in [0.4, 0.5) is 0 Å². The zero-order valence-corrected chi connectivity index (χ0v) is 17.4. The van der Waals surface area contributed by atoms with Crippen molar-refractivity contribution in [1.82, 2.24) is 15.5 Å². The van der Waals surface area contributed by atoms with Crippen LogP contribution < -0.4 is 10.6 Å². The standard InChI is InChI=1S/C20H34N4O2S/c1-3-21-20(22-13-16-5-4-6-18(16)25)23-14-17(19-8-7-15(2)27-19)24-9-11-26-12-10-24/h7-8,16-18,25H,3-6,9-14H2,1-2H3,(H2,21,22,23). The molecule has 152 valence electrons. The molecular formula is C20H34N4O2S. The van der Waals surface area contributed by atoms with E-state index < -0.39 is 0 Å². The van der Waals surface area contributed by atoms with Gasteiger partial charge in [-0.25, -0.2) is 0 Å². The fraction of sp³-hybridized carbons (Fsp3) is 0.750. The normalized spacial score (nSPS) is 25.5. The lowest BCUT2D eigenvalue weighted by atomic mass is 10.1. The van der Waals surface area contributed by atoms with E-state index in [0.29, 0.717) is 12.0 Å². The van der Waals surface area contributed by atoms with Crippen LogP contribution in [0.2, 0.25) is 0 Å². The first-order valence-corrected chi connectivity index (χ1v) is 11.1. The third-order valence-corrected chi connectivity index (χ3v) is 6.60. The number of aryl methyl sites for hydroxylation is 1. The molecule has 1 aromatic heterocycles. The van der Waals surface area contributed by atoms with Gasteiger partial charge in [0.05, 0.1) is 31.9 Å². The van der Waals surface area contributed by atoms with Crippen molar-refractivity contribution in [3.8, 4) is 0 Å². The van der Waals surface area contributed by atoms with Crippen molar-refractivity contribution < 1.29 is 9.84 Å². The molecule has 0 aromatic carbocycles. The second-order valence-electron chi connectivity index (χ2n) is 7.47. The molecular weight excluding hydrogens is 360 g/mol. The molecule has 1 aromatic rings. The van der Waals surface area contributed by atoms with Gasteiger partial charge in [-0.15, -0.1) is 11.3 Å². The molecule has 2 aliphatic rings. The van der Waals surface area contributed by atoms with Crippen LogP contribution in [0.3, 0.4) is 0 Å². The van der Waals surface area contributed by atoms with Gasteiger partial charge in [0.25, 0.3) is 0 Å². The number of aliphatic hydroxyl groups excluding tert-OH is 1. The van der Waals surface area contributed by atoms with Crippen molar-refractivity contribution in [2.24, 2.45) is 10.9 Å². The van der Waals surface area contributed by atoms with Crippen molar-refractivity contribution in [3.63, 3.8) is 0 Å². The number of nitrogens with zero attached hydrogens (tertiary/aromatic N) is 2. The average molecular weight is 395 g/mol. The van der Waals surface area contributed by atoms with Crippen molar-refractivity contribution >= 4 is 17.3 Å². The summed E-state index contributed by atoms with van der Waals surface area (Å²) in [4.78, 5) is 10.1. The summed E-state index contributed by atoms with van der Waals surface area (Å²) in [5.41, 5.74) is 0. The third-order valence-electron chi connectivity index (χ3n) is 5.49. The lowest BCUT2D eigenvalue weighted by molar-refractivity contribution is 0.0186. The van der Waals surface area contributed by atoms with Gasteiger partial charge in [-0.3, -0.25) is 9.89 Å². The van der Waals surface area contributed by atoms with E-state index in [1.807, 2.05) is 11.3 Å². The minimum atomic E-state index is -0.171. The lowest BCUT2D eigenvalue weighted by Crippen LogP contribution is -2.43. The topological polar surface area (TPSA) is 69.1 Å². The van der Waals surface area contributed by atoms with E-state index in [9.17, 15) is 5.11 Å². The number of nitrogens with one attached hydrogen (secondary N) is 2. The average Bonchev–Trinajstić information content (AvgIpc) is 3.29. The maximum atomic E-state index is 10.1. The van der Waals surface area contributed by atoms with E-state index in [1.165, 1.54) is 9.75 Å². The van der Waals surface area contributed by atoms with E-state index >= 15 is 0 Å². The van der Waals surface area contributed by atoms with Crippen molar-refractivity contribution in [1.29, 1.82) is 0 Å². The molecule has 0 spiro atoms. The number of hydrogen-bond donors (Lipinski definition) is 3. The highest BCUT2D eigenvalue weighted by Crippen LogP contribution is 2.29. The molecule has 1 saturated heterocycles. The minimum absolute atomic E-state index is 0.171. The smallest absolute Gasteiger partial charge is 0.191 e. The predicted octanol–water partition coefficient (Wildman–Crippen LogP) is 2.15. The number of rotatable bonds is 7. The second-order valence-corrected chi connectivity index (χ2v) is 8.79. The quantitative estimate of drug-likeness (QED) is 0.488. The molecule has 1 saturated carbocycles. The lowest BCUT2D eigenvalue weighted by Gasteiger charge is -2.33. The summed E-state index contributed by atoms with van der Waals surface area (Å²) < 4.78 is 5.54. The molecule has 1 aliphatic carbocycles. The Morgan fingerprint density at radius 3 is 2.78 bits per heavy atom. The summed E-state index contributed by atoms with van der Waals surface area (Å²) in [5.74, 6) is 1.19. The van der Waals surface area contributed by atoms with Gasteiger partial charge in [-0.05, 0) is 38.8 Å². The Balaban J connectivity index is 1.65. The van der Waals surface area contributed by atoms with Crippen LogP contribution in [-0.2, 0) is 4.74 Å². The van der Waals surface area contributed by atoms with Gasteiger partial charge in [-0.2, -0.15) is 0 Å². The van der Waals surface area contributed by atoms with E-state index in [4.69, 9.17) is 9.73 Å².